The molecule has 0 aliphatic heterocycles. The van der Waals surface area contributed by atoms with Gasteiger partial charge in [-0.3, -0.25) is 19.1 Å². The van der Waals surface area contributed by atoms with Crippen LogP contribution in [-0.2, 0) is 20.6 Å². The van der Waals surface area contributed by atoms with E-state index in [2.05, 4.69) is 10.3 Å². The third kappa shape index (κ3) is 2.66. The molecule has 0 aliphatic rings. The van der Waals surface area contributed by atoms with E-state index < -0.39 is 17.2 Å². The van der Waals surface area contributed by atoms with Crippen LogP contribution in [0, 0.1) is 0 Å². The van der Waals surface area contributed by atoms with Gasteiger partial charge in [-0.05, 0) is 11.6 Å². The Balaban J connectivity index is 2.23. The Hall–Kier alpha value is -2.70. The highest BCUT2D eigenvalue weighted by Gasteiger charge is 2.14. The van der Waals surface area contributed by atoms with Crippen molar-refractivity contribution in [3.8, 4) is 0 Å². The lowest BCUT2D eigenvalue weighted by Crippen LogP contribution is -2.41. The Bertz CT molecular complexity index is 746. The summed E-state index contributed by atoms with van der Waals surface area (Å²) in [5.41, 5.74) is -0.336. The zero-order chi connectivity index (χ0) is 14.7. The third-order valence-corrected chi connectivity index (χ3v) is 2.87. The van der Waals surface area contributed by atoms with Gasteiger partial charge in [0.1, 0.15) is 5.56 Å². The second-order valence-corrected chi connectivity index (χ2v) is 4.34. The molecule has 7 heteroatoms. The predicted molar refractivity (Wildman–Crippen MR) is 72.3 cm³/mol. The number of aryl methyl sites for hydroxylation is 1. The first-order valence-electron chi connectivity index (χ1n) is 5.94. The van der Waals surface area contributed by atoms with Crippen molar-refractivity contribution < 1.29 is 4.79 Å². The molecule has 0 aliphatic carbocycles. The van der Waals surface area contributed by atoms with Gasteiger partial charge in [0.25, 0.3) is 11.5 Å². The van der Waals surface area contributed by atoms with Crippen molar-refractivity contribution >= 4 is 5.91 Å². The molecule has 7 nitrogen and oxygen atoms in total. The average molecular weight is 274 g/mol. The van der Waals surface area contributed by atoms with E-state index in [0.29, 0.717) is 0 Å². The molecule has 0 unspecified atom stereocenters. The minimum Gasteiger partial charge on any atom is -0.348 e. The second-order valence-electron chi connectivity index (χ2n) is 4.34. The minimum absolute atomic E-state index is 0.0708. The molecule has 2 rings (SSSR count). The van der Waals surface area contributed by atoms with E-state index in [-0.39, 0.29) is 12.1 Å². The summed E-state index contributed by atoms with van der Waals surface area (Å²) in [5, 5.41) is 2.62. The predicted octanol–water partition coefficient (Wildman–Crippen LogP) is -0.591. The lowest BCUT2D eigenvalue weighted by atomic mass is 10.2. The van der Waals surface area contributed by atoms with Gasteiger partial charge >= 0.3 is 5.69 Å². The second kappa shape index (κ2) is 5.52. The monoisotopic (exact) mass is 274 g/mol. The van der Waals surface area contributed by atoms with Crippen LogP contribution in [0.2, 0.25) is 0 Å². The van der Waals surface area contributed by atoms with Gasteiger partial charge in [-0.15, -0.1) is 0 Å². The van der Waals surface area contributed by atoms with Crippen LogP contribution in [0.15, 0.2) is 40.3 Å². The number of pyridine rings is 1. The molecule has 0 radical (unpaired) electrons. The Morgan fingerprint density at radius 1 is 1.35 bits per heavy atom. The maximum Gasteiger partial charge on any atom is 0.330 e. The molecule has 2 aromatic rings. The fourth-order valence-electron chi connectivity index (χ4n) is 1.74. The summed E-state index contributed by atoms with van der Waals surface area (Å²) in [6, 6.07) is 3.57. The molecule has 1 N–H and O–H groups in total. The molecule has 0 atom stereocenters. The highest BCUT2D eigenvalue weighted by atomic mass is 16.2. The number of rotatable bonds is 3. The van der Waals surface area contributed by atoms with E-state index in [0.717, 1.165) is 10.1 Å². The van der Waals surface area contributed by atoms with Crippen LogP contribution in [0.5, 0.6) is 0 Å². The molecule has 104 valence electrons. The average Bonchev–Trinajstić information content (AvgIpc) is 2.47. The van der Waals surface area contributed by atoms with Crippen molar-refractivity contribution in [3.05, 3.63) is 62.7 Å². The molecule has 0 fully saturated rings. The Morgan fingerprint density at radius 3 is 2.75 bits per heavy atom. The number of nitrogens with zero attached hydrogens (tertiary/aromatic N) is 3. The summed E-state index contributed by atoms with van der Waals surface area (Å²) in [6.07, 6.45) is 4.50. The molecule has 20 heavy (non-hydrogen) atoms. The van der Waals surface area contributed by atoms with E-state index in [1.165, 1.54) is 24.9 Å². The van der Waals surface area contributed by atoms with E-state index in [9.17, 15) is 14.4 Å². The normalized spacial score (nSPS) is 10.3. The van der Waals surface area contributed by atoms with Crippen LogP contribution in [0.4, 0.5) is 0 Å². The highest BCUT2D eigenvalue weighted by Crippen LogP contribution is 1.96. The lowest BCUT2D eigenvalue weighted by molar-refractivity contribution is 0.0947. The van der Waals surface area contributed by atoms with Crippen molar-refractivity contribution in [2.45, 2.75) is 6.54 Å². The van der Waals surface area contributed by atoms with Gasteiger partial charge < -0.3 is 9.88 Å². The van der Waals surface area contributed by atoms with Crippen LogP contribution < -0.4 is 16.6 Å². The van der Waals surface area contributed by atoms with E-state index in [1.54, 1.807) is 18.5 Å². The Kier molecular flexibility index (Phi) is 3.79. The molecular weight excluding hydrogens is 260 g/mol. The van der Waals surface area contributed by atoms with Crippen LogP contribution in [-0.4, -0.2) is 20.0 Å². The zero-order valence-electron chi connectivity index (χ0n) is 11.2. The number of hydrogen-bond donors (Lipinski definition) is 1. The summed E-state index contributed by atoms with van der Waals surface area (Å²) < 4.78 is 2.10. The standard InChI is InChI=1S/C13H14N4O3/c1-16-8-10(12(19)17(2)13(16)20)11(18)15-7-9-4-3-5-14-6-9/h3-6,8H,7H2,1-2H3,(H,15,18). The fraction of sp³-hybridized carbons (Fsp3) is 0.231. The van der Waals surface area contributed by atoms with Gasteiger partial charge in [0.05, 0.1) is 0 Å². The summed E-state index contributed by atoms with van der Waals surface area (Å²) in [7, 11) is 2.82. The maximum atomic E-state index is 12.0. The molecule has 0 spiro atoms. The summed E-state index contributed by atoms with van der Waals surface area (Å²) >= 11 is 0. The van der Waals surface area contributed by atoms with Crippen LogP contribution >= 0.6 is 0 Å². The van der Waals surface area contributed by atoms with Crippen molar-refractivity contribution in [1.29, 1.82) is 0 Å². The summed E-state index contributed by atoms with van der Waals surface area (Å²) in [6.45, 7) is 0.263. The fourth-order valence-corrected chi connectivity index (χ4v) is 1.74. The number of amides is 1. The topological polar surface area (TPSA) is 86.0 Å². The number of carbonyl (C=O) groups excluding carboxylic acids is 1. The lowest BCUT2D eigenvalue weighted by Gasteiger charge is -2.07. The SMILES string of the molecule is Cn1cc(C(=O)NCc2cccnc2)c(=O)n(C)c1=O. The quantitative estimate of drug-likeness (QED) is 0.810. The van der Waals surface area contributed by atoms with Crippen molar-refractivity contribution in [1.82, 2.24) is 19.4 Å². The first-order valence-corrected chi connectivity index (χ1v) is 5.94. The number of hydrogen-bond acceptors (Lipinski definition) is 4. The van der Waals surface area contributed by atoms with E-state index in [4.69, 9.17) is 0 Å². The molecule has 0 saturated heterocycles. The van der Waals surface area contributed by atoms with Crippen molar-refractivity contribution in [2.75, 3.05) is 0 Å². The highest BCUT2D eigenvalue weighted by molar-refractivity contribution is 5.93. The molecule has 0 bridgehead atoms. The molecule has 2 aromatic heterocycles. The summed E-state index contributed by atoms with van der Waals surface area (Å²) in [5.74, 6) is -0.523. The van der Waals surface area contributed by atoms with Gasteiger partial charge in [-0.25, -0.2) is 4.79 Å². The molecule has 1 amide bonds. The molecule has 0 saturated carbocycles. The van der Waals surface area contributed by atoms with Crippen LogP contribution in [0.3, 0.4) is 0 Å². The van der Waals surface area contributed by atoms with Gasteiger partial charge in [-0.2, -0.15) is 0 Å². The summed E-state index contributed by atoms with van der Waals surface area (Å²) in [4.78, 5) is 39.3. The molecule has 2 heterocycles. The van der Waals surface area contributed by atoms with Gasteiger partial charge in [0.2, 0.25) is 0 Å². The van der Waals surface area contributed by atoms with E-state index in [1.807, 2.05) is 6.07 Å². The molecule has 0 aromatic carbocycles. The molecular formula is C13H14N4O3. The van der Waals surface area contributed by atoms with Crippen LogP contribution in [0.1, 0.15) is 15.9 Å². The smallest absolute Gasteiger partial charge is 0.330 e. The largest absolute Gasteiger partial charge is 0.348 e. The van der Waals surface area contributed by atoms with Crippen molar-refractivity contribution in [3.63, 3.8) is 0 Å². The third-order valence-electron chi connectivity index (χ3n) is 2.87. The number of nitrogens with one attached hydrogen (secondary N) is 1. The van der Waals surface area contributed by atoms with Crippen LogP contribution in [0.25, 0.3) is 0 Å². The van der Waals surface area contributed by atoms with Gasteiger partial charge in [-0.1, -0.05) is 6.07 Å². The van der Waals surface area contributed by atoms with E-state index >= 15 is 0 Å². The Morgan fingerprint density at radius 2 is 2.10 bits per heavy atom. The first kappa shape index (κ1) is 13.7. The van der Waals surface area contributed by atoms with Gasteiger partial charge in [0.15, 0.2) is 0 Å². The minimum atomic E-state index is -0.614. The number of aromatic nitrogens is 3. The zero-order valence-corrected chi connectivity index (χ0v) is 11.2. The number of carbonyl (C=O) groups is 1. The van der Waals surface area contributed by atoms with Crippen molar-refractivity contribution in [2.24, 2.45) is 14.1 Å². The first-order chi connectivity index (χ1) is 9.50. The maximum absolute atomic E-state index is 12.0. The van der Waals surface area contributed by atoms with Gasteiger partial charge in [0, 0.05) is 39.2 Å². The Labute approximate surface area is 114 Å².